The van der Waals surface area contributed by atoms with Crippen LogP contribution in [0, 0.1) is 0 Å². The summed E-state index contributed by atoms with van der Waals surface area (Å²) < 4.78 is 4.64. The monoisotopic (exact) mass is 713 g/mol. The molecule has 0 saturated carbocycles. The Morgan fingerprint density at radius 3 is 1.25 bits per heavy atom. The highest BCUT2D eigenvalue weighted by Crippen LogP contribution is 2.41. The molecule has 0 fully saturated rings. The van der Waals surface area contributed by atoms with E-state index in [0.29, 0.717) is 17.6 Å². The van der Waals surface area contributed by atoms with Gasteiger partial charge >= 0.3 is 0 Å². The number of para-hydroxylation sites is 2. The van der Waals surface area contributed by atoms with Gasteiger partial charge in [-0.15, -0.1) is 0 Å². The predicted octanol–water partition coefficient (Wildman–Crippen LogP) is 12.9. The van der Waals surface area contributed by atoms with Crippen molar-refractivity contribution in [3.8, 4) is 34.4 Å². The summed E-state index contributed by atoms with van der Waals surface area (Å²) in [6, 6.07) is 66.8. The minimum absolute atomic E-state index is 0.579. The van der Waals surface area contributed by atoms with Gasteiger partial charge in [0.15, 0.2) is 11.6 Å². The molecule has 260 valence electrons. The van der Waals surface area contributed by atoms with Gasteiger partial charge in [0, 0.05) is 38.4 Å². The number of hydrogen-bond acceptors (Lipinski definition) is 3. The van der Waals surface area contributed by atoms with Gasteiger partial charge in [0.05, 0.1) is 22.1 Å². The van der Waals surface area contributed by atoms with E-state index in [0.717, 1.165) is 49.7 Å². The summed E-state index contributed by atoms with van der Waals surface area (Å²) in [6.45, 7) is 0. The minimum atomic E-state index is 0.579. The number of benzene rings is 9. The van der Waals surface area contributed by atoms with Gasteiger partial charge in [0.25, 0.3) is 0 Å². The molecule has 0 unspecified atom stereocenters. The Balaban J connectivity index is 1.18. The normalized spacial score (nSPS) is 11.9. The topological polar surface area (TPSA) is 48.5 Å². The molecular formula is C51H31N5. The molecule has 0 N–H and O–H groups in total. The SMILES string of the molecule is c1ccc(-c2nc(-c3ccccc3)nc(-n3c4ccccc4c4cc5c6ccccc6n(-c6ccc7c8ccccc8c8ccccc8c7c6)c5cc43)n2)cc1. The molecule has 5 heteroatoms. The average molecular weight is 714 g/mol. The standard InChI is InChI=1S/C51H31N5/c1-3-15-32(16-4-1)49-52-50(33-17-5-2-6-18-33)54-51(53-49)56-46-26-14-12-24-41(46)44-30-43-40-23-11-13-25-45(40)55(47(43)31-48(44)56)34-27-28-39-37-21-8-7-19-35(37)36-20-9-10-22-38(36)42(39)29-34/h1-31H. The van der Waals surface area contributed by atoms with Gasteiger partial charge in [-0.05, 0) is 68.7 Å². The van der Waals surface area contributed by atoms with Gasteiger partial charge in [-0.2, -0.15) is 9.97 Å². The highest BCUT2D eigenvalue weighted by molar-refractivity contribution is 6.26. The molecule has 0 aliphatic heterocycles. The maximum absolute atomic E-state index is 5.20. The summed E-state index contributed by atoms with van der Waals surface area (Å²) in [5, 5.41) is 12.3. The van der Waals surface area contributed by atoms with E-state index in [4.69, 9.17) is 15.0 Å². The van der Waals surface area contributed by atoms with Crippen molar-refractivity contribution in [2.45, 2.75) is 0 Å². The van der Waals surface area contributed by atoms with Crippen LogP contribution in [-0.4, -0.2) is 24.1 Å². The molecule has 0 radical (unpaired) electrons. The summed E-state index contributed by atoms with van der Waals surface area (Å²) in [7, 11) is 0. The Bertz CT molecular complexity index is 3430. The Hall–Kier alpha value is -7.63. The molecule has 9 aromatic carbocycles. The maximum atomic E-state index is 5.20. The first-order valence-corrected chi connectivity index (χ1v) is 19.0. The molecule has 0 saturated heterocycles. The summed E-state index contributed by atoms with van der Waals surface area (Å²) >= 11 is 0. The van der Waals surface area contributed by atoms with Crippen LogP contribution < -0.4 is 0 Å². The lowest BCUT2D eigenvalue weighted by Gasteiger charge is -2.14. The van der Waals surface area contributed by atoms with Gasteiger partial charge in [-0.25, -0.2) is 4.98 Å². The molecule has 0 amide bonds. The Kier molecular flexibility index (Phi) is 6.56. The van der Waals surface area contributed by atoms with Gasteiger partial charge in [-0.1, -0.05) is 152 Å². The van der Waals surface area contributed by atoms with Crippen LogP contribution in [0.3, 0.4) is 0 Å². The van der Waals surface area contributed by atoms with E-state index in [-0.39, 0.29) is 0 Å². The van der Waals surface area contributed by atoms with E-state index in [2.05, 4.69) is 161 Å². The number of aromatic nitrogens is 5. The number of rotatable bonds is 4. The molecule has 0 aliphatic rings. The van der Waals surface area contributed by atoms with Gasteiger partial charge < -0.3 is 4.57 Å². The fourth-order valence-electron chi connectivity index (χ4n) is 8.86. The molecule has 12 aromatic rings. The molecular weight excluding hydrogens is 683 g/mol. The van der Waals surface area contributed by atoms with Crippen LogP contribution in [0.5, 0.6) is 0 Å². The Morgan fingerprint density at radius 2 is 0.696 bits per heavy atom. The van der Waals surface area contributed by atoms with Crippen molar-refractivity contribution in [2.75, 3.05) is 0 Å². The van der Waals surface area contributed by atoms with Crippen molar-refractivity contribution in [3.05, 3.63) is 188 Å². The maximum Gasteiger partial charge on any atom is 0.238 e. The first kappa shape index (κ1) is 30.8. The van der Waals surface area contributed by atoms with E-state index in [1.165, 1.54) is 43.1 Å². The zero-order chi connectivity index (χ0) is 36.7. The zero-order valence-electron chi connectivity index (χ0n) is 30.1. The molecule has 3 heterocycles. The van der Waals surface area contributed by atoms with Crippen molar-refractivity contribution in [1.82, 2.24) is 24.1 Å². The van der Waals surface area contributed by atoms with Crippen LogP contribution in [-0.2, 0) is 0 Å². The van der Waals surface area contributed by atoms with Crippen LogP contribution >= 0.6 is 0 Å². The second-order valence-electron chi connectivity index (χ2n) is 14.4. The smallest absolute Gasteiger partial charge is 0.238 e. The number of hydrogen-bond donors (Lipinski definition) is 0. The summed E-state index contributed by atoms with van der Waals surface area (Å²) in [5.41, 5.74) is 7.34. The first-order valence-electron chi connectivity index (χ1n) is 19.0. The largest absolute Gasteiger partial charge is 0.309 e. The highest BCUT2D eigenvalue weighted by atomic mass is 15.2. The molecule has 0 aliphatic carbocycles. The third-order valence-corrected chi connectivity index (χ3v) is 11.3. The first-order chi connectivity index (χ1) is 27.8. The quantitative estimate of drug-likeness (QED) is 0.171. The van der Waals surface area contributed by atoms with E-state index in [9.17, 15) is 0 Å². The number of nitrogens with zero attached hydrogens (tertiary/aromatic N) is 5. The summed E-state index contributed by atoms with van der Waals surface area (Å²) in [4.78, 5) is 15.4. The lowest BCUT2D eigenvalue weighted by Crippen LogP contribution is -2.06. The lowest BCUT2D eigenvalue weighted by molar-refractivity contribution is 0.953. The lowest BCUT2D eigenvalue weighted by atomic mass is 9.94. The fourth-order valence-corrected chi connectivity index (χ4v) is 8.86. The summed E-state index contributed by atoms with van der Waals surface area (Å²) in [6.07, 6.45) is 0. The van der Waals surface area contributed by atoms with E-state index in [1.54, 1.807) is 0 Å². The van der Waals surface area contributed by atoms with Gasteiger partial charge in [-0.3, -0.25) is 4.57 Å². The molecule has 56 heavy (non-hydrogen) atoms. The minimum Gasteiger partial charge on any atom is -0.309 e. The second-order valence-corrected chi connectivity index (χ2v) is 14.4. The highest BCUT2D eigenvalue weighted by Gasteiger charge is 2.21. The Labute approximate surface area is 321 Å². The molecule has 0 bridgehead atoms. The third-order valence-electron chi connectivity index (χ3n) is 11.3. The third kappa shape index (κ3) is 4.52. The molecule has 3 aromatic heterocycles. The van der Waals surface area contributed by atoms with Crippen molar-refractivity contribution in [3.63, 3.8) is 0 Å². The van der Waals surface area contributed by atoms with Crippen molar-refractivity contribution in [2.24, 2.45) is 0 Å². The van der Waals surface area contributed by atoms with E-state index in [1.807, 2.05) is 36.4 Å². The molecule has 12 rings (SSSR count). The van der Waals surface area contributed by atoms with Gasteiger partial charge in [0.2, 0.25) is 5.95 Å². The average Bonchev–Trinajstić information content (AvgIpc) is 3.78. The fraction of sp³-hybridized carbons (Fsp3) is 0. The van der Waals surface area contributed by atoms with E-state index >= 15 is 0 Å². The van der Waals surface area contributed by atoms with E-state index < -0.39 is 0 Å². The second kappa shape index (κ2) is 11.9. The zero-order valence-corrected chi connectivity index (χ0v) is 30.1. The number of fused-ring (bicyclic) bond motifs is 12. The van der Waals surface area contributed by atoms with Crippen LogP contribution in [0.1, 0.15) is 0 Å². The predicted molar refractivity (Wildman–Crippen MR) is 232 cm³/mol. The van der Waals surface area contributed by atoms with Crippen LogP contribution in [0.25, 0.3) is 110 Å². The van der Waals surface area contributed by atoms with Crippen molar-refractivity contribution >= 4 is 75.9 Å². The summed E-state index contributed by atoms with van der Waals surface area (Å²) in [5.74, 6) is 1.84. The van der Waals surface area contributed by atoms with Crippen LogP contribution in [0.15, 0.2) is 188 Å². The van der Waals surface area contributed by atoms with Crippen molar-refractivity contribution in [1.29, 1.82) is 0 Å². The van der Waals surface area contributed by atoms with Crippen LogP contribution in [0.4, 0.5) is 0 Å². The molecule has 0 atom stereocenters. The van der Waals surface area contributed by atoms with Crippen molar-refractivity contribution < 1.29 is 0 Å². The molecule has 0 spiro atoms. The Morgan fingerprint density at radius 1 is 0.268 bits per heavy atom. The van der Waals surface area contributed by atoms with Crippen LogP contribution in [0.2, 0.25) is 0 Å². The van der Waals surface area contributed by atoms with Gasteiger partial charge in [0.1, 0.15) is 0 Å². The molecule has 5 nitrogen and oxygen atoms in total.